The third-order valence-corrected chi connectivity index (χ3v) is 10.5. The molecule has 1 aliphatic heterocycles. The van der Waals surface area contributed by atoms with Gasteiger partial charge in [0.15, 0.2) is 0 Å². The van der Waals surface area contributed by atoms with Crippen LogP contribution >= 0.6 is 0 Å². The minimum atomic E-state index is -0.0728. The molecule has 1 aliphatic carbocycles. The van der Waals surface area contributed by atoms with Crippen LogP contribution in [0.2, 0.25) is 0 Å². The molecular formula is C43H27N3O2. The molecule has 0 radical (unpaired) electrons. The Kier molecular flexibility index (Phi) is 5.04. The van der Waals surface area contributed by atoms with Crippen molar-refractivity contribution < 1.29 is 4.42 Å². The lowest BCUT2D eigenvalue weighted by Gasteiger charge is -2.28. The molecule has 0 spiro atoms. The zero-order valence-corrected chi connectivity index (χ0v) is 25.7. The van der Waals surface area contributed by atoms with Crippen LogP contribution in [-0.4, -0.2) is 15.6 Å². The molecule has 11 rings (SSSR count). The number of fused-ring (bicyclic) bond motifs is 14. The summed E-state index contributed by atoms with van der Waals surface area (Å²) in [4.78, 5) is 20.4. The highest BCUT2D eigenvalue weighted by molar-refractivity contribution is 6.26. The Bertz CT molecular complexity index is 2940. The highest BCUT2D eigenvalue weighted by Crippen LogP contribution is 2.51. The SMILES string of the molecule is O=c1[nH]c2c3c(ccc2c2ccc4c(c5ccccc5n4-c4cccc5oc6ccccc6c45)c12)N(c1ccccc1)C1C=CC=CC31. The van der Waals surface area contributed by atoms with Gasteiger partial charge in [0, 0.05) is 44.4 Å². The van der Waals surface area contributed by atoms with Crippen molar-refractivity contribution in [1.82, 2.24) is 9.55 Å². The van der Waals surface area contributed by atoms with Crippen LogP contribution in [-0.2, 0) is 0 Å². The minimum Gasteiger partial charge on any atom is -0.456 e. The number of rotatable bonds is 2. The molecule has 48 heavy (non-hydrogen) atoms. The summed E-state index contributed by atoms with van der Waals surface area (Å²) in [7, 11) is 0. The molecule has 0 fully saturated rings. The third-order valence-electron chi connectivity index (χ3n) is 10.5. The lowest BCUT2D eigenvalue weighted by molar-refractivity contribution is 0.669. The number of benzene rings is 6. The summed E-state index contributed by atoms with van der Waals surface area (Å²) in [5.41, 5.74) is 9.05. The van der Waals surface area contributed by atoms with E-state index in [0.29, 0.717) is 5.39 Å². The number of nitrogens with one attached hydrogen (secondary N) is 1. The van der Waals surface area contributed by atoms with Crippen LogP contribution in [0.3, 0.4) is 0 Å². The lowest BCUT2D eigenvalue weighted by atomic mass is 9.89. The van der Waals surface area contributed by atoms with Crippen LogP contribution in [0.25, 0.3) is 71.1 Å². The number of hydrogen-bond acceptors (Lipinski definition) is 3. The van der Waals surface area contributed by atoms with E-state index in [1.54, 1.807) is 0 Å². The predicted octanol–water partition coefficient (Wildman–Crippen LogP) is 10.4. The van der Waals surface area contributed by atoms with Crippen molar-refractivity contribution >= 4 is 76.8 Å². The van der Waals surface area contributed by atoms with Crippen LogP contribution in [0.4, 0.5) is 11.4 Å². The normalized spacial score (nSPS) is 17.0. The van der Waals surface area contributed by atoms with Crippen LogP contribution in [0.5, 0.6) is 0 Å². The molecule has 5 nitrogen and oxygen atoms in total. The topological polar surface area (TPSA) is 54.2 Å². The monoisotopic (exact) mass is 617 g/mol. The summed E-state index contributed by atoms with van der Waals surface area (Å²) in [5.74, 6) is 0.123. The number of anilines is 2. The van der Waals surface area contributed by atoms with E-state index in [1.165, 1.54) is 5.56 Å². The summed E-state index contributed by atoms with van der Waals surface area (Å²) in [6.07, 6.45) is 8.79. The first-order valence-corrected chi connectivity index (χ1v) is 16.4. The summed E-state index contributed by atoms with van der Waals surface area (Å²) in [6, 6.07) is 42.2. The van der Waals surface area contributed by atoms with Crippen molar-refractivity contribution in [3.8, 4) is 5.69 Å². The Morgan fingerprint density at radius 3 is 2.25 bits per heavy atom. The Labute approximate surface area is 274 Å². The first-order valence-electron chi connectivity index (χ1n) is 16.4. The van der Waals surface area contributed by atoms with Gasteiger partial charge >= 0.3 is 0 Å². The molecule has 0 saturated heterocycles. The van der Waals surface area contributed by atoms with Gasteiger partial charge < -0.3 is 18.9 Å². The Morgan fingerprint density at radius 2 is 1.33 bits per heavy atom. The molecule has 226 valence electrons. The number of hydrogen-bond donors (Lipinski definition) is 1. The second kappa shape index (κ2) is 9.36. The number of para-hydroxylation sites is 3. The van der Waals surface area contributed by atoms with Gasteiger partial charge in [0.1, 0.15) is 11.2 Å². The van der Waals surface area contributed by atoms with Crippen molar-refractivity contribution in [1.29, 1.82) is 0 Å². The molecule has 2 aliphatic rings. The zero-order chi connectivity index (χ0) is 31.5. The molecule has 5 heteroatoms. The van der Waals surface area contributed by atoms with E-state index in [9.17, 15) is 4.79 Å². The van der Waals surface area contributed by atoms with E-state index in [0.717, 1.165) is 77.1 Å². The zero-order valence-electron chi connectivity index (χ0n) is 25.7. The van der Waals surface area contributed by atoms with E-state index in [1.807, 2.05) is 30.3 Å². The summed E-state index contributed by atoms with van der Waals surface area (Å²) >= 11 is 0. The molecule has 2 unspecified atom stereocenters. The summed E-state index contributed by atoms with van der Waals surface area (Å²) in [5, 5.41) is 6.87. The minimum absolute atomic E-state index is 0.0728. The fraction of sp³-hybridized carbons (Fsp3) is 0.0465. The smallest absolute Gasteiger partial charge is 0.257 e. The van der Waals surface area contributed by atoms with Crippen molar-refractivity contribution in [2.24, 2.45) is 0 Å². The van der Waals surface area contributed by atoms with Crippen molar-refractivity contribution in [3.63, 3.8) is 0 Å². The number of pyridine rings is 1. The molecule has 2 atom stereocenters. The van der Waals surface area contributed by atoms with Gasteiger partial charge in [0.2, 0.25) is 0 Å². The molecular weight excluding hydrogens is 590 g/mol. The average molecular weight is 618 g/mol. The molecule has 0 saturated carbocycles. The van der Waals surface area contributed by atoms with Gasteiger partial charge in [-0.3, -0.25) is 4.79 Å². The standard InChI is InChI=1S/C43H27N3O2/c47-43-41-26(27-22-24-35-40(42(27)44-43)29-14-5-7-16-31(29)45(35)25-11-2-1-3-12-25)21-23-34-39(41)28-13-4-8-17-32(28)46(34)33-18-10-20-37-38(33)30-15-6-9-19-36(30)48-37/h1-24,29,31H,(H,44,47). The van der Waals surface area contributed by atoms with E-state index in [-0.39, 0.29) is 17.5 Å². The van der Waals surface area contributed by atoms with Gasteiger partial charge in [-0.25, -0.2) is 0 Å². The van der Waals surface area contributed by atoms with Crippen LogP contribution in [0, 0.1) is 0 Å². The third kappa shape index (κ3) is 3.27. The largest absolute Gasteiger partial charge is 0.456 e. The quantitative estimate of drug-likeness (QED) is 0.196. The van der Waals surface area contributed by atoms with Crippen molar-refractivity contribution in [3.05, 3.63) is 162 Å². The van der Waals surface area contributed by atoms with Crippen LogP contribution in [0.15, 0.2) is 155 Å². The maximum Gasteiger partial charge on any atom is 0.257 e. The van der Waals surface area contributed by atoms with Gasteiger partial charge in [0.05, 0.1) is 39.1 Å². The molecule has 9 aromatic rings. The first-order chi connectivity index (χ1) is 23.8. The highest BCUT2D eigenvalue weighted by atomic mass is 16.3. The second-order valence-electron chi connectivity index (χ2n) is 12.9. The Morgan fingerprint density at radius 1 is 0.562 bits per heavy atom. The fourth-order valence-corrected chi connectivity index (χ4v) is 8.58. The van der Waals surface area contributed by atoms with Gasteiger partial charge in [-0.1, -0.05) is 97.1 Å². The van der Waals surface area contributed by atoms with Gasteiger partial charge in [-0.15, -0.1) is 0 Å². The van der Waals surface area contributed by atoms with Crippen molar-refractivity contribution in [2.75, 3.05) is 4.90 Å². The van der Waals surface area contributed by atoms with Crippen LogP contribution < -0.4 is 10.5 Å². The molecule has 3 aromatic heterocycles. The number of allylic oxidation sites excluding steroid dienone is 2. The summed E-state index contributed by atoms with van der Waals surface area (Å²) < 4.78 is 8.58. The van der Waals surface area contributed by atoms with Gasteiger partial charge in [-0.2, -0.15) is 0 Å². The number of aromatic nitrogens is 2. The van der Waals surface area contributed by atoms with Crippen LogP contribution in [0.1, 0.15) is 11.5 Å². The number of H-pyrrole nitrogens is 1. The van der Waals surface area contributed by atoms with Crippen molar-refractivity contribution in [2.45, 2.75) is 12.0 Å². The molecule has 4 heterocycles. The Balaban J connectivity index is 1.23. The molecule has 0 bridgehead atoms. The molecule has 6 aromatic carbocycles. The first kappa shape index (κ1) is 25.8. The maximum absolute atomic E-state index is 14.5. The van der Waals surface area contributed by atoms with Gasteiger partial charge in [0.25, 0.3) is 5.56 Å². The van der Waals surface area contributed by atoms with E-state index in [4.69, 9.17) is 4.42 Å². The molecule has 0 amide bonds. The second-order valence-corrected chi connectivity index (χ2v) is 12.9. The van der Waals surface area contributed by atoms with Gasteiger partial charge in [-0.05, 0) is 53.9 Å². The molecule has 1 N–H and O–H groups in total. The average Bonchev–Trinajstić information content (AvgIpc) is 3.80. The van der Waals surface area contributed by atoms with E-state index in [2.05, 4.69) is 130 Å². The predicted molar refractivity (Wildman–Crippen MR) is 197 cm³/mol. The fourth-order valence-electron chi connectivity index (χ4n) is 8.58. The Hall–Kier alpha value is -6.33. The lowest BCUT2D eigenvalue weighted by Crippen LogP contribution is -2.28. The van der Waals surface area contributed by atoms with E-state index >= 15 is 0 Å². The summed E-state index contributed by atoms with van der Waals surface area (Å²) in [6.45, 7) is 0. The number of nitrogens with zero attached hydrogens (tertiary/aromatic N) is 2. The number of furan rings is 1. The van der Waals surface area contributed by atoms with E-state index < -0.39 is 0 Å². The number of aromatic amines is 1. The maximum atomic E-state index is 14.5. The highest BCUT2D eigenvalue weighted by Gasteiger charge is 2.39.